The van der Waals surface area contributed by atoms with E-state index in [0.29, 0.717) is 43.7 Å². The molecule has 0 saturated carbocycles. The van der Waals surface area contributed by atoms with Gasteiger partial charge in [0.1, 0.15) is 16.5 Å². The molecule has 0 aliphatic heterocycles. The molecule has 3 aromatic rings. The van der Waals surface area contributed by atoms with Crippen LogP contribution in [0.15, 0.2) is 72.3 Å². The quantitative estimate of drug-likeness (QED) is 0.0599. The number of nitrogens with zero attached hydrogens (tertiary/aromatic N) is 1. The Labute approximate surface area is 244 Å². The largest absolute Gasteiger partial charge is 0.493 e. The van der Waals surface area contributed by atoms with Gasteiger partial charge in [-0.2, -0.15) is 8.42 Å². The van der Waals surface area contributed by atoms with Crippen molar-refractivity contribution in [2.45, 2.75) is 43.4 Å². The van der Waals surface area contributed by atoms with Crippen molar-refractivity contribution in [3.8, 4) is 5.75 Å². The Morgan fingerprint density at radius 2 is 1.90 bits per heavy atom. The zero-order valence-electron chi connectivity index (χ0n) is 23.0. The van der Waals surface area contributed by atoms with Gasteiger partial charge in [0.05, 0.1) is 12.2 Å². The summed E-state index contributed by atoms with van der Waals surface area (Å²) in [6.07, 6.45) is 8.41. The topological polar surface area (TPSA) is 178 Å². The van der Waals surface area contributed by atoms with Crippen LogP contribution in [0.4, 0.5) is 5.82 Å². The number of benzene rings is 2. The number of nitrogen functional groups attached to an aromatic ring is 1. The second-order valence-electron chi connectivity index (χ2n) is 9.36. The highest BCUT2D eigenvalue weighted by molar-refractivity contribution is 7.86. The van der Waals surface area contributed by atoms with Crippen LogP contribution in [0.1, 0.15) is 67.9 Å². The zero-order valence-corrected chi connectivity index (χ0v) is 23.9. The second-order valence-corrected chi connectivity index (χ2v) is 10.7. The highest BCUT2D eigenvalue weighted by atomic mass is 32.2. The molecule has 11 nitrogen and oxygen atoms in total. The smallest absolute Gasteiger partial charge is 0.295 e. The number of carbonyl (C=O) groups is 3. The molecule has 0 saturated heterocycles. The molecule has 0 radical (unpaired) electrons. The summed E-state index contributed by atoms with van der Waals surface area (Å²) >= 11 is 0. The molecule has 0 atom stereocenters. The number of ether oxygens (including phenoxy) is 1. The first-order valence-corrected chi connectivity index (χ1v) is 14.8. The Morgan fingerprint density at radius 1 is 1.12 bits per heavy atom. The van der Waals surface area contributed by atoms with E-state index < -0.39 is 10.1 Å². The number of carbonyl (C=O) groups excluding carboxylic acids is 3. The van der Waals surface area contributed by atoms with E-state index in [4.69, 9.17) is 15.1 Å². The predicted molar refractivity (Wildman–Crippen MR) is 158 cm³/mol. The van der Waals surface area contributed by atoms with Crippen molar-refractivity contribution < 1.29 is 32.1 Å². The van der Waals surface area contributed by atoms with Gasteiger partial charge in [-0.25, -0.2) is 10.8 Å². The van der Waals surface area contributed by atoms with Gasteiger partial charge in [-0.15, -0.1) is 6.58 Å². The minimum Gasteiger partial charge on any atom is -0.493 e. The third-order valence-electron chi connectivity index (χ3n) is 6.48. The number of Topliss-reactive ketones (excluding diaryl/α,β-unsaturated/α-hetero) is 1. The Hall–Kier alpha value is -4.39. The van der Waals surface area contributed by atoms with Crippen LogP contribution < -0.4 is 21.3 Å². The lowest BCUT2D eigenvalue weighted by Gasteiger charge is -2.21. The average Bonchev–Trinajstić information content (AvgIpc) is 2.99. The van der Waals surface area contributed by atoms with E-state index in [-0.39, 0.29) is 22.1 Å². The molecule has 42 heavy (non-hydrogen) atoms. The number of ketones is 1. The van der Waals surface area contributed by atoms with Crippen LogP contribution in [0.25, 0.3) is 0 Å². The van der Waals surface area contributed by atoms with Crippen molar-refractivity contribution in [3.63, 3.8) is 0 Å². The zero-order chi connectivity index (χ0) is 30.5. The van der Waals surface area contributed by atoms with Gasteiger partial charge in [0.2, 0.25) is 0 Å². The van der Waals surface area contributed by atoms with Crippen LogP contribution in [0.3, 0.4) is 0 Å². The van der Waals surface area contributed by atoms with E-state index in [1.165, 1.54) is 30.5 Å². The van der Waals surface area contributed by atoms with E-state index in [0.717, 1.165) is 48.1 Å². The molecule has 0 fully saturated rings. The summed E-state index contributed by atoms with van der Waals surface area (Å²) in [5.41, 5.74) is 5.89. The minimum atomic E-state index is -4.28. The number of hydrogen-bond acceptors (Lipinski definition) is 9. The maximum absolute atomic E-state index is 12.2. The summed E-state index contributed by atoms with van der Waals surface area (Å²) in [5, 5.41) is 2.88. The Balaban J connectivity index is 0.000000337. The minimum absolute atomic E-state index is 0.0417. The number of anilines is 1. The van der Waals surface area contributed by atoms with E-state index in [1.54, 1.807) is 12.1 Å². The lowest BCUT2D eigenvalue weighted by atomic mass is 9.86. The molecule has 1 aromatic heterocycles. The number of unbranched alkanes of at least 4 members (excludes halogenated alkanes) is 1. The van der Waals surface area contributed by atoms with Crippen molar-refractivity contribution in [2.75, 3.05) is 18.6 Å². The summed E-state index contributed by atoms with van der Waals surface area (Å²) < 4.78 is 35.8. The number of aromatic nitrogens is 1. The highest BCUT2D eigenvalue weighted by Gasteiger charge is 2.22. The SMILES string of the molecule is C=CCc1c(OCCCCNC(=O)c2ccc(NN)nc2)ccc2c1CCCC2=O.O=Cc1ccccc1S(=O)(=O)O. The van der Waals surface area contributed by atoms with Crippen LogP contribution in [0.2, 0.25) is 0 Å². The average molecular weight is 595 g/mol. The summed E-state index contributed by atoms with van der Waals surface area (Å²) in [6.45, 7) is 4.94. The first-order chi connectivity index (χ1) is 20.2. The predicted octanol–water partition coefficient (Wildman–Crippen LogP) is 3.95. The molecule has 4 rings (SSSR count). The van der Waals surface area contributed by atoms with Crippen molar-refractivity contribution in [1.82, 2.24) is 10.3 Å². The van der Waals surface area contributed by atoms with E-state index in [2.05, 4.69) is 22.3 Å². The van der Waals surface area contributed by atoms with Gasteiger partial charge in [0, 0.05) is 35.9 Å². The number of hydrazine groups is 1. The molecule has 5 N–H and O–H groups in total. The standard InChI is InChI=1S/C23H28N4O3.C7H6O4S/c1-2-6-19-17-7-5-8-20(28)18(17)10-11-21(19)30-14-4-3-13-25-23(29)16-9-12-22(27-24)26-15-16;8-5-6-3-1-2-4-7(6)12(9,10)11/h2,9-12,15H,1,3-8,13-14,24H2,(H,25,29)(H,26,27);1-5H,(H,9,10,11). The molecule has 1 heterocycles. The second kappa shape index (κ2) is 15.6. The fraction of sp³-hybridized carbons (Fsp3) is 0.267. The van der Waals surface area contributed by atoms with Crippen LogP contribution >= 0.6 is 0 Å². The number of nitrogens with one attached hydrogen (secondary N) is 2. The van der Waals surface area contributed by atoms with Crippen LogP contribution in [-0.4, -0.2) is 49.1 Å². The summed E-state index contributed by atoms with van der Waals surface area (Å²) in [5.74, 6) is 6.65. The highest BCUT2D eigenvalue weighted by Crippen LogP contribution is 2.32. The number of rotatable bonds is 12. The monoisotopic (exact) mass is 594 g/mol. The maximum atomic E-state index is 12.2. The normalized spacial score (nSPS) is 12.3. The molecule has 1 aliphatic carbocycles. The molecule has 0 bridgehead atoms. The lowest BCUT2D eigenvalue weighted by molar-refractivity contribution is 0.0948. The number of amides is 1. The van der Waals surface area contributed by atoms with Gasteiger partial charge in [-0.05, 0) is 68.0 Å². The van der Waals surface area contributed by atoms with Crippen molar-refractivity contribution >= 4 is 33.9 Å². The molecular weight excluding hydrogens is 560 g/mol. The maximum Gasteiger partial charge on any atom is 0.295 e. The first-order valence-electron chi connectivity index (χ1n) is 13.3. The van der Waals surface area contributed by atoms with Crippen molar-refractivity contribution in [2.24, 2.45) is 5.84 Å². The molecule has 0 spiro atoms. The van der Waals surface area contributed by atoms with Crippen LogP contribution in [-0.2, 0) is 23.0 Å². The molecular formula is C30H34N4O7S. The molecule has 0 unspecified atom stereocenters. The number of fused-ring (bicyclic) bond motifs is 1. The van der Waals surface area contributed by atoms with Crippen LogP contribution in [0, 0.1) is 0 Å². The Morgan fingerprint density at radius 3 is 2.55 bits per heavy atom. The molecule has 1 aliphatic rings. The molecule has 1 amide bonds. The van der Waals surface area contributed by atoms with Crippen molar-refractivity contribution in [3.05, 3.63) is 95.2 Å². The molecule has 12 heteroatoms. The third kappa shape index (κ3) is 8.80. The summed E-state index contributed by atoms with van der Waals surface area (Å²) in [4.78, 5) is 38.2. The van der Waals surface area contributed by atoms with Gasteiger partial charge >= 0.3 is 0 Å². The summed E-state index contributed by atoms with van der Waals surface area (Å²) in [6, 6.07) is 12.5. The Bertz CT molecular complexity index is 1520. The molecule has 222 valence electrons. The lowest BCUT2D eigenvalue weighted by Crippen LogP contribution is -2.25. The van der Waals surface area contributed by atoms with Gasteiger partial charge in [-0.1, -0.05) is 24.3 Å². The number of nitrogens with two attached hydrogens (primary N) is 1. The van der Waals surface area contributed by atoms with E-state index in [1.807, 2.05) is 18.2 Å². The first kappa shape index (κ1) is 32.1. The fourth-order valence-corrected chi connectivity index (χ4v) is 5.09. The van der Waals surface area contributed by atoms with E-state index in [9.17, 15) is 22.8 Å². The van der Waals surface area contributed by atoms with Crippen molar-refractivity contribution in [1.29, 1.82) is 0 Å². The van der Waals surface area contributed by atoms with Gasteiger partial charge in [-0.3, -0.25) is 18.9 Å². The number of aldehydes is 1. The fourth-order valence-electron chi connectivity index (χ4n) is 4.42. The Kier molecular flexibility index (Phi) is 11.9. The number of pyridine rings is 1. The van der Waals surface area contributed by atoms with Gasteiger partial charge in [0.15, 0.2) is 12.1 Å². The number of hydrogen-bond donors (Lipinski definition) is 4. The summed E-state index contributed by atoms with van der Waals surface area (Å²) in [7, 11) is -4.28. The van der Waals surface area contributed by atoms with Gasteiger partial charge < -0.3 is 15.5 Å². The number of allylic oxidation sites excluding steroid dienone is 1. The van der Waals surface area contributed by atoms with E-state index >= 15 is 0 Å². The molecule has 2 aromatic carbocycles. The van der Waals surface area contributed by atoms with Crippen LogP contribution in [0.5, 0.6) is 5.75 Å². The third-order valence-corrected chi connectivity index (χ3v) is 7.41. The van der Waals surface area contributed by atoms with Gasteiger partial charge in [0.25, 0.3) is 16.0 Å².